The van der Waals surface area contributed by atoms with Crippen molar-refractivity contribution in [1.82, 2.24) is 16.1 Å². The third kappa shape index (κ3) is 9.33. The zero-order valence-corrected chi connectivity index (χ0v) is 28.1. The van der Waals surface area contributed by atoms with Crippen LogP contribution in [0.2, 0.25) is 0 Å². The number of nitrogens with zero attached hydrogens (tertiary/aromatic N) is 2. The summed E-state index contributed by atoms with van der Waals surface area (Å²) in [5.74, 6) is 1.88. The standard InChI is InChI=1S/C35H47N5O9/c1-45-31-29(47-17-14-28(33(43)48-21-24(42)19-41)38-35(44)49-20-22-8-4-3-5-9-22)18-23-12-13-27(39-40-34-36-15-7-16-37-34)25-10-6-11-26(25)30(23)32(31)46-2/h3-5,8-9,18,24-26,28,41-42H,6-7,10-17,19-21H2,1-2H3,(H,38,44)(H2,36,37,40)/b39-27+. The number of methoxy groups -OCH3 is 2. The van der Waals surface area contributed by atoms with Crippen molar-refractivity contribution in [3.63, 3.8) is 0 Å². The van der Waals surface area contributed by atoms with Gasteiger partial charge in [-0.3, -0.25) is 4.99 Å². The number of carbonyl (C=O) groups is 2. The van der Waals surface area contributed by atoms with E-state index in [1.54, 1.807) is 14.2 Å². The molecule has 1 amide bonds. The van der Waals surface area contributed by atoms with E-state index in [1.807, 2.05) is 36.4 Å². The predicted molar refractivity (Wildman–Crippen MR) is 181 cm³/mol. The van der Waals surface area contributed by atoms with Gasteiger partial charge in [-0.2, -0.15) is 5.10 Å². The second-order valence-electron chi connectivity index (χ2n) is 12.2. The minimum atomic E-state index is -1.25. The van der Waals surface area contributed by atoms with E-state index >= 15 is 0 Å². The van der Waals surface area contributed by atoms with Gasteiger partial charge < -0.3 is 44.5 Å². The summed E-state index contributed by atoms with van der Waals surface area (Å²) in [6, 6.07) is 9.95. The van der Waals surface area contributed by atoms with Crippen LogP contribution in [0.15, 0.2) is 46.5 Å². The van der Waals surface area contributed by atoms with Crippen LogP contribution in [-0.4, -0.2) is 93.2 Å². The maximum atomic E-state index is 12.9. The number of guanidine groups is 1. The minimum absolute atomic E-state index is 0.00260. The van der Waals surface area contributed by atoms with Gasteiger partial charge in [0.25, 0.3) is 0 Å². The molecule has 0 saturated heterocycles. The molecular formula is C35H47N5O9. The first-order chi connectivity index (χ1) is 23.9. The average Bonchev–Trinajstić information content (AvgIpc) is 3.56. The Morgan fingerprint density at radius 3 is 2.59 bits per heavy atom. The largest absolute Gasteiger partial charge is 0.492 e. The Hall–Kier alpha value is -4.56. The van der Waals surface area contributed by atoms with Crippen LogP contribution in [0.1, 0.15) is 61.1 Å². The Morgan fingerprint density at radius 1 is 1.06 bits per heavy atom. The summed E-state index contributed by atoms with van der Waals surface area (Å²) in [4.78, 5) is 30.1. The van der Waals surface area contributed by atoms with Crippen LogP contribution in [0, 0.1) is 5.92 Å². The van der Waals surface area contributed by atoms with Crippen molar-refractivity contribution in [3.8, 4) is 17.2 Å². The Kier molecular flexibility index (Phi) is 12.9. The number of aliphatic imine (C=N–C) groups is 1. The monoisotopic (exact) mass is 681 g/mol. The number of aryl methyl sites for hydroxylation is 1. The molecule has 49 heavy (non-hydrogen) atoms. The maximum absolute atomic E-state index is 12.9. The lowest BCUT2D eigenvalue weighted by molar-refractivity contribution is -0.150. The van der Waals surface area contributed by atoms with Crippen molar-refractivity contribution >= 4 is 23.7 Å². The van der Waals surface area contributed by atoms with Crippen LogP contribution < -0.4 is 30.3 Å². The van der Waals surface area contributed by atoms with Gasteiger partial charge in [0.15, 0.2) is 11.5 Å². The zero-order valence-electron chi connectivity index (χ0n) is 28.1. The number of aliphatic hydroxyl groups excluding tert-OH is 2. The summed E-state index contributed by atoms with van der Waals surface area (Å²) in [6.07, 6.45) is 3.53. The Morgan fingerprint density at radius 2 is 1.86 bits per heavy atom. The van der Waals surface area contributed by atoms with E-state index in [0.29, 0.717) is 23.2 Å². The number of ether oxygens (including phenoxy) is 5. The number of amides is 1. The number of nitrogens with one attached hydrogen (secondary N) is 3. The fourth-order valence-electron chi connectivity index (χ4n) is 6.60. The van der Waals surface area contributed by atoms with E-state index in [2.05, 4.69) is 21.1 Å². The van der Waals surface area contributed by atoms with Crippen LogP contribution >= 0.6 is 0 Å². The van der Waals surface area contributed by atoms with Gasteiger partial charge in [-0.1, -0.05) is 36.8 Å². The van der Waals surface area contributed by atoms with Gasteiger partial charge in [-0.15, -0.1) is 0 Å². The van der Waals surface area contributed by atoms with E-state index in [0.717, 1.165) is 74.0 Å². The van der Waals surface area contributed by atoms with Gasteiger partial charge in [0.05, 0.1) is 27.4 Å². The Bertz CT molecular complexity index is 1490. The first-order valence-corrected chi connectivity index (χ1v) is 16.9. The van der Waals surface area contributed by atoms with Gasteiger partial charge >= 0.3 is 12.1 Å². The number of esters is 1. The molecule has 1 saturated carbocycles. The molecule has 14 nitrogen and oxygen atoms in total. The lowest BCUT2D eigenvalue weighted by Crippen LogP contribution is -2.43. The first-order valence-electron chi connectivity index (χ1n) is 16.9. The lowest BCUT2D eigenvalue weighted by Gasteiger charge is -2.25. The van der Waals surface area contributed by atoms with Crippen molar-refractivity contribution in [1.29, 1.82) is 0 Å². The topological polar surface area (TPSA) is 182 Å². The number of benzene rings is 2. The first kappa shape index (κ1) is 35.7. The van der Waals surface area contributed by atoms with E-state index in [-0.39, 0.29) is 31.5 Å². The van der Waals surface area contributed by atoms with Gasteiger partial charge in [-0.25, -0.2) is 15.0 Å². The summed E-state index contributed by atoms with van der Waals surface area (Å²) in [5.41, 5.74) is 7.24. The molecular weight excluding hydrogens is 634 g/mol. The molecule has 0 bridgehead atoms. The van der Waals surface area contributed by atoms with Crippen molar-refractivity contribution in [2.45, 2.75) is 69.6 Å². The second kappa shape index (κ2) is 17.7. The summed E-state index contributed by atoms with van der Waals surface area (Å²) >= 11 is 0. The summed E-state index contributed by atoms with van der Waals surface area (Å²) in [7, 11) is 3.18. The number of hydrogen-bond donors (Lipinski definition) is 5. The number of alkyl carbamates (subject to hydrolysis) is 1. The van der Waals surface area contributed by atoms with E-state index in [9.17, 15) is 14.7 Å². The molecule has 1 fully saturated rings. The average molecular weight is 682 g/mol. The van der Waals surface area contributed by atoms with Gasteiger partial charge in [0.2, 0.25) is 11.7 Å². The Labute approximate surface area is 286 Å². The number of hydrazone groups is 1. The molecule has 0 spiro atoms. The minimum Gasteiger partial charge on any atom is -0.492 e. The molecule has 0 radical (unpaired) electrons. The van der Waals surface area contributed by atoms with Crippen molar-refractivity contribution in [2.24, 2.45) is 16.0 Å². The predicted octanol–water partition coefficient (Wildman–Crippen LogP) is 2.79. The molecule has 5 rings (SSSR count). The molecule has 1 heterocycles. The number of fused-ring (bicyclic) bond motifs is 3. The second-order valence-corrected chi connectivity index (χ2v) is 12.2. The molecule has 14 heteroatoms. The van der Waals surface area contributed by atoms with Crippen molar-refractivity contribution < 1.29 is 43.5 Å². The maximum Gasteiger partial charge on any atom is 0.408 e. The number of rotatable bonds is 14. The van der Waals surface area contributed by atoms with E-state index in [4.69, 9.17) is 33.9 Å². The molecule has 2 aromatic rings. The number of carbonyl (C=O) groups excluding carboxylic acids is 2. The normalized spacial score (nSPS) is 20.3. The molecule has 266 valence electrons. The lowest BCUT2D eigenvalue weighted by atomic mass is 9.85. The molecule has 0 aromatic heterocycles. The third-order valence-corrected chi connectivity index (χ3v) is 8.98. The SMILES string of the molecule is COc1c(OCCC(NC(=O)OCc2ccccc2)C(=O)OCC(O)CO)cc2c(c1OC)C1CCCC1/C(=N/NC1=NCCCN1)CC2. The quantitative estimate of drug-likeness (QED) is 0.146. The van der Waals surface area contributed by atoms with Crippen LogP contribution in [0.4, 0.5) is 4.79 Å². The molecule has 2 aromatic carbocycles. The van der Waals surface area contributed by atoms with Gasteiger partial charge in [-0.05, 0) is 55.2 Å². The Balaban J connectivity index is 1.30. The highest BCUT2D eigenvalue weighted by molar-refractivity contribution is 5.91. The third-order valence-electron chi connectivity index (χ3n) is 8.98. The fourth-order valence-corrected chi connectivity index (χ4v) is 6.60. The van der Waals surface area contributed by atoms with Crippen LogP contribution in [0.25, 0.3) is 0 Å². The van der Waals surface area contributed by atoms with Gasteiger partial charge in [0, 0.05) is 36.7 Å². The van der Waals surface area contributed by atoms with Crippen LogP contribution in [-0.2, 0) is 27.3 Å². The summed E-state index contributed by atoms with van der Waals surface area (Å²) < 4.78 is 28.5. The molecule has 4 unspecified atom stereocenters. The highest BCUT2D eigenvalue weighted by Crippen LogP contribution is 2.53. The molecule has 1 aliphatic heterocycles. The molecule has 3 aliphatic rings. The number of hydrogen-bond acceptors (Lipinski definition) is 13. The van der Waals surface area contributed by atoms with Crippen molar-refractivity contribution in [2.75, 3.05) is 47.1 Å². The fraction of sp³-hybridized carbons (Fsp3) is 0.543. The van der Waals surface area contributed by atoms with Crippen LogP contribution in [0.5, 0.6) is 17.2 Å². The van der Waals surface area contributed by atoms with Crippen LogP contribution in [0.3, 0.4) is 0 Å². The highest BCUT2D eigenvalue weighted by Gasteiger charge is 2.39. The molecule has 2 aliphatic carbocycles. The summed E-state index contributed by atoms with van der Waals surface area (Å²) in [6.45, 7) is 0.647. The van der Waals surface area contributed by atoms with E-state index in [1.165, 1.54) is 0 Å². The smallest absolute Gasteiger partial charge is 0.408 e. The molecule has 4 atom stereocenters. The van der Waals surface area contributed by atoms with Gasteiger partial charge in [0.1, 0.15) is 25.4 Å². The van der Waals surface area contributed by atoms with Crippen molar-refractivity contribution in [3.05, 3.63) is 53.1 Å². The molecule has 5 N–H and O–H groups in total. The zero-order chi connectivity index (χ0) is 34.6. The summed E-state index contributed by atoms with van der Waals surface area (Å²) in [5, 5.41) is 29.5. The van der Waals surface area contributed by atoms with E-state index < -0.39 is 37.4 Å². The highest BCUT2D eigenvalue weighted by atomic mass is 16.6. The number of aliphatic hydroxyl groups is 2.